The van der Waals surface area contributed by atoms with E-state index < -0.39 is 121 Å². The maximum Gasteiger partial charge on any atom is 0.395 e. The van der Waals surface area contributed by atoms with Crippen molar-refractivity contribution >= 4 is 0 Å². The zero-order valence-electron chi connectivity index (χ0n) is 90.0. The molecule has 0 amide bonds. The number of hydrogen-bond donors (Lipinski definition) is 0. The molecular weight excluding hydrogens is 1690 g/mol. The Morgan fingerprint density at radius 3 is 0.465 bits per heavy atom. The van der Waals surface area contributed by atoms with Crippen LogP contribution in [0.3, 0.4) is 0 Å². The summed E-state index contributed by atoms with van der Waals surface area (Å²) in [6, 6.07) is 0. The van der Waals surface area contributed by atoms with E-state index in [1.165, 1.54) is 55.4 Å². The second-order valence-electron chi connectivity index (χ2n) is 44.1. The van der Waals surface area contributed by atoms with Gasteiger partial charge in [0.15, 0.2) is 0 Å². The van der Waals surface area contributed by atoms with E-state index in [1.54, 1.807) is 90.0 Å². The molecule has 0 rings (SSSR count). The van der Waals surface area contributed by atoms with Crippen molar-refractivity contribution in [1.29, 1.82) is 0 Å². The molecule has 0 fully saturated rings. The first-order chi connectivity index (χ1) is 56.0. The summed E-state index contributed by atoms with van der Waals surface area (Å²) >= 11 is 0. The summed E-state index contributed by atoms with van der Waals surface area (Å²) in [7, 11) is 0. The monoisotopic (exact) mass is 1890 g/mol. The minimum absolute atomic E-state index is 0.0154. The Labute approximate surface area is 765 Å². The van der Waals surface area contributed by atoms with Crippen LogP contribution in [0.4, 0.5) is 105 Å². The highest BCUT2D eigenvalue weighted by Crippen LogP contribution is 2.67. The largest absolute Gasteiger partial charge is 0.395 e. The van der Waals surface area contributed by atoms with Gasteiger partial charge in [0.05, 0.1) is 43.3 Å². The van der Waals surface area contributed by atoms with Crippen LogP contribution in [0.1, 0.15) is 436 Å². The maximum absolute atomic E-state index is 14.0. The first-order valence-electron chi connectivity index (χ1n) is 48.5. The average molecular weight is 1890 g/mol. The molecule has 0 aliphatic heterocycles. The molecule has 127 heavy (non-hydrogen) atoms. The molecule has 0 bridgehead atoms. The van der Waals surface area contributed by atoms with E-state index in [4.69, 9.17) is 0 Å². The third kappa shape index (κ3) is 33.6. The Morgan fingerprint density at radius 2 is 0.370 bits per heavy atom. The van der Waals surface area contributed by atoms with Crippen molar-refractivity contribution in [2.24, 2.45) is 178 Å². The molecule has 778 valence electrons. The van der Waals surface area contributed by atoms with Gasteiger partial charge in [-0.1, -0.05) is 384 Å². The molecule has 0 aliphatic carbocycles. The number of rotatable bonds is 37. The van der Waals surface area contributed by atoms with E-state index in [-0.39, 0.29) is 113 Å². The number of hydrogen-bond acceptors (Lipinski definition) is 0. The van der Waals surface area contributed by atoms with Crippen LogP contribution in [0.2, 0.25) is 0 Å². The smallest absolute Gasteiger partial charge is 0.171 e. The predicted molar refractivity (Wildman–Crippen MR) is 493 cm³/mol. The molecule has 0 aliphatic rings. The molecule has 0 N–H and O–H groups in total. The molecular formula is C103H198F24. The Hall–Kier alpha value is -1.68. The van der Waals surface area contributed by atoms with Crippen LogP contribution in [-0.4, -0.2) is 49.4 Å². The second-order valence-corrected chi connectivity index (χ2v) is 44.1. The van der Waals surface area contributed by atoms with Crippen LogP contribution in [0.25, 0.3) is 0 Å². The van der Waals surface area contributed by atoms with Crippen LogP contribution in [0, 0.1) is 178 Å². The number of halogens is 24. The summed E-state index contributed by atoms with van der Waals surface area (Å²) in [6.07, 6.45) is -25.3. The zero-order chi connectivity index (χ0) is 105. The lowest BCUT2D eigenvalue weighted by molar-refractivity contribution is -0.301. The molecule has 0 saturated heterocycles. The van der Waals surface area contributed by atoms with E-state index >= 15 is 0 Å². The molecule has 4 atom stereocenters. The molecule has 0 aromatic carbocycles. The molecule has 0 heterocycles. The van der Waals surface area contributed by atoms with Gasteiger partial charge in [0.2, 0.25) is 0 Å². The lowest BCUT2D eigenvalue weighted by Gasteiger charge is -2.57. The zero-order valence-corrected chi connectivity index (χ0v) is 90.0. The quantitative estimate of drug-likeness (QED) is 0.0544. The van der Waals surface area contributed by atoms with Crippen molar-refractivity contribution in [3.8, 4) is 0 Å². The van der Waals surface area contributed by atoms with Crippen molar-refractivity contribution in [2.45, 2.75) is 485 Å². The summed E-state index contributed by atoms with van der Waals surface area (Å²) in [5, 5.41) is 0. The topological polar surface area (TPSA) is 0 Å². The van der Waals surface area contributed by atoms with Gasteiger partial charge < -0.3 is 0 Å². The van der Waals surface area contributed by atoms with Gasteiger partial charge in [0.1, 0.15) is 0 Å². The van der Waals surface area contributed by atoms with Gasteiger partial charge in [-0.15, -0.1) is 0 Å². The fourth-order valence-corrected chi connectivity index (χ4v) is 23.5. The molecule has 0 aromatic heterocycles. The second kappa shape index (κ2) is 54.5. The Kier molecular flexibility index (Phi) is 60.3. The van der Waals surface area contributed by atoms with Crippen LogP contribution >= 0.6 is 0 Å². The summed E-state index contributed by atoms with van der Waals surface area (Å²) in [5.74, 6) is -3.87. The van der Waals surface area contributed by atoms with E-state index in [0.717, 1.165) is 0 Å². The molecule has 24 heteroatoms. The normalized spacial score (nSPS) is 16.0. The third-order valence-corrected chi connectivity index (χ3v) is 34.0. The summed E-state index contributed by atoms with van der Waals surface area (Å²) < 4.78 is 320. The van der Waals surface area contributed by atoms with Crippen LogP contribution in [0.15, 0.2) is 0 Å². The highest BCUT2D eigenvalue weighted by molar-refractivity contribution is 5.07. The van der Waals surface area contributed by atoms with E-state index in [0.29, 0.717) is 83.5 Å². The van der Waals surface area contributed by atoms with Gasteiger partial charge in [-0.25, -0.2) is 0 Å². The Morgan fingerprint density at radius 1 is 0.181 bits per heavy atom. The lowest BCUT2D eigenvalue weighted by Crippen LogP contribution is -2.57. The predicted octanol–water partition coefficient (Wildman–Crippen LogP) is 42.0. The highest BCUT2D eigenvalue weighted by atomic mass is 19.4. The Bertz CT molecular complexity index is 2690. The van der Waals surface area contributed by atoms with Crippen molar-refractivity contribution in [3.05, 3.63) is 0 Å². The van der Waals surface area contributed by atoms with E-state index in [9.17, 15) is 105 Å². The summed E-state index contributed by atoms with van der Waals surface area (Å²) in [6.45, 7) is 87.5. The molecule has 0 aromatic rings. The molecule has 0 radical (unpaired) electrons. The van der Waals surface area contributed by atoms with Crippen LogP contribution in [0.5, 0.6) is 0 Å². The minimum Gasteiger partial charge on any atom is -0.171 e. The van der Waals surface area contributed by atoms with Gasteiger partial charge in [0.25, 0.3) is 0 Å². The first-order valence-corrected chi connectivity index (χ1v) is 48.5. The van der Waals surface area contributed by atoms with E-state index in [2.05, 4.69) is 0 Å². The number of alkyl halides is 24. The van der Waals surface area contributed by atoms with E-state index in [1.807, 2.05) is 201 Å². The molecule has 0 nitrogen and oxygen atoms in total. The third-order valence-electron chi connectivity index (χ3n) is 34.0. The maximum atomic E-state index is 14.0. The SMILES string of the molecule is CC(C)C(C(C)C)C(C)(C(C(C)C)C(C)C)C(F)(F)F.CC(C)C(C(C)C)C(C)(C(C)C)C(F)(F)F.CC(C)C(C)(C(C)C)C(F)(F)F.CCC(C)(CC)C(C)(C(C)C)C(F)(F)F.CCC(C)(CC)C(C)(C(F)(F)F)C(C)(CC)CC.CCC(CC)C(C)(C(C)C)C(F)(F)F.CCC(CC)C(C)(C(CC)CC)C(F)(F)F.CCCC(C)(C(C(C)C)C(C)C)C(F)(F)F. The van der Waals surface area contributed by atoms with Gasteiger partial charge in [-0.05, 0) is 186 Å². The van der Waals surface area contributed by atoms with Gasteiger partial charge in [-0.3, -0.25) is 0 Å². The highest BCUT2D eigenvalue weighted by Gasteiger charge is 2.69. The van der Waals surface area contributed by atoms with Crippen molar-refractivity contribution in [3.63, 3.8) is 0 Å². The van der Waals surface area contributed by atoms with Crippen molar-refractivity contribution < 1.29 is 105 Å². The van der Waals surface area contributed by atoms with Gasteiger partial charge in [0, 0.05) is 0 Å². The standard InChI is InChI=1S/C17H33F3.C15H29F3.3C13H25F3.C12H23F3.C11H21F3.C9H17F3/c1-10(2)14(11(3)4)16(9,17(18,19)20)15(12(5)6)13(7)8;1-8-12(5,9-2)14(7,15(16,17)18)13(6,10-3)11-4;1-8(2)11(9(3)4)12(7,10(5)6)13(14,15)16;1-7-8-12(6,13(14,15)16)11(9(2)3)10(4)5;1-6-10(7-2)12(5,13(14,15)16)11(8-3)9-4;1-7-10(5,8-2)11(6,9(3)4)12(13,14)15;1-6-9(7-2)10(5,8(3)4)11(12,13)14;1-6(2)8(5,7(3)4)9(10,11)12/h10-15H,1-9H3;8-11H2,1-7H3;8-11H,1-7H3;9-11H,7-8H2,1-6H3;10-11H,6-9H2,1-5H3;9H,7-8H2,1-6H3;8-9H,6-7H2,1-5H3;6-7H,1-5H3. The average Bonchev–Trinajstić information content (AvgIpc) is 0.710. The molecule has 0 spiro atoms. The summed E-state index contributed by atoms with van der Waals surface area (Å²) in [4.78, 5) is 0. The van der Waals surface area contributed by atoms with Crippen molar-refractivity contribution in [2.75, 3.05) is 0 Å². The summed E-state index contributed by atoms with van der Waals surface area (Å²) in [5.41, 5.74) is -14.8. The van der Waals surface area contributed by atoms with Gasteiger partial charge in [-0.2, -0.15) is 105 Å². The fourth-order valence-electron chi connectivity index (χ4n) is 23.5. The van der Waals surface area contributed by atoms with Crippen LogP contribution in [-0.2, 0) is 0 Å². The fraction of sp³-hybridized carbons (Fsp3) is 1.00. The van der Waals surface area contributed by atoms with Crippen LogP contribution < -0.4 is 0 Å². The Balaban J connectivity index is -0.000000213. The lowest BCUT2D eigenvalue weighted by atomic mass is 9.49. The van der Waals surface area contributed by atoms with Crippen molar-refractivity contribution in [1.82, 2.24) is 0 Å². The van der Waals surface area contributed by atoms with Gasteiger partial charge >= 0.3 is 49.4 Å². The first kappa shape index (κ1) is 141. The molecule has 4 unspecified atom stereocenters. The minimum atomic E-state index is -4.18. The molecule has 0 saturated carbocycles.